The van der Waals surface area contributed by atoms with Gasteiger partial charge in [-0.15, -0.1) is 0 Å². The number of pyridine rings is 3. The molecule has 0 atom stereocenters. The first-order valence-corrected chi connectivity index (χ1v) is 21.2. The Labute approximate surface area is 387 Å². The van der Waals surface area contributed by atoms with Crippen molar-refractivity contribution >= 4 is 21.9 Å². The van der Waals surface area contributed by atoms with E-state index in [1.165, 1.54) is 30.7 Å². The average molecular weight is 831 g/mol. The third-order valence-corrected chi connectivity index (χ3v) is 11.5. The lowest BCUT2D eigenvalue weighted by molar-refractivity contribution is 0.441. The quantitative estimate of drug-likeness (QED) is 0.116. The molecule has 5 aromatic carbocycles. The normalized spacial score (nSPS) is 17.3. The van der Waals surface area contributed by atoms with Gasteiger partial charge < -0.3 is 4.42 Å². The lowest BCUT2D eigenvalue weighted by Crippen LogP contribution is -2.09. The van der Waals surface area contributed by atoms with E-state index in [0.29, 0.717) is 57.8 Å². The molecule has 1 aliphatic rings. The summed E-state index contributed by atoms with van der Waals surface area (Å²) in [5.74, 6) is -0.206. The molecule has 1 aliphatic carbocycles. The number of benzene rings is 5. The van der Waals surface area contributed by atoms with Crippen LogP contribution in [0.25, 0.3) is 55.7 Å². The number of nitrogens with zero attached hydrogens (tertiary/aromatic N) is 4. The molecule has 0 spiro atoms. The number of nitriles is 1. The van der Waals surface area contributed by atoms with Gasteiger partial charge in [-0.25, -0.2) is 0 Å². The van der Waals surface area contributed by atoms with Gasteiger partial charge >= 0.3 is 0 Å². The summed E-state index contributed by atoms with van der Waals surface area (Å²) in [6.45, 7) is 0. The van der Waals surface area contributed by atoms with E-state index < -0.39 is 54.9 Å². The number of furan rings is 1. The van der Waals surface area contributed by atoms with E-state index in [2.05, 4.69) is 16.0 Å². The first-order valence-electron chi connectivity index (χ1n) is 27.2. The molecule has 63 heavy (non-hydrogen) atoms. The molecular weight excluding hydrogens is 769 g/mol. The van der Waals surface area contributed by atoms with Crippen LogP contribution in [0.4, 0.5) is 0 Å². The molecule has 308 valence electrons. The van der Waals surface area contributed by atoms with Crippen LogP contribution in [-0.2, 0) is 38.2 Å². The average Bonchev–Trinajstić information content (AvgIpc) is 3.82. The van der Waals surface area contributed by atoms with Crippen molar-refractivity contribution in [1.29, 1.82) is 5.26 Å². The molecule has 9 aromatic rings. The SMILES string of the molecule is [2H]C([2H])(c1ccc(-c2ccccc2)nc1)C([2H])([2H])c1cc(C([2H])([2H])C([2H])([2H])c2ccc(-c3ccccc3)nc2)cc(C([2H])([2H])C([2H])([2H])c2cnc(-c3cccc4c3oc3cc(C#N)ccc34)cc2C2CCCCC2)c1. The summed E-state index contributed by atoms with van der Waals surface area (Å²) < 4.78 is 121. The minimum atomic E-state index is -3.12. The van der Waals surface area contributed by atoms with Gasteiger partial charge in [-0.05, 0) is 138 Å². The number of fused-ring (bicyclic) bond motifs is 3. The third-order valence-electron chi connectivity index (χ3n) is 11.5. The van der Waals surface area contributed by atoms with E-state index in [-0.39, 0.29) is 22.6 Å². The predicted molar refractivity (Wildman–Crippen MR) is 256 cm³/mol. The van der Waals surface area contributed by atoms with Crippen LogP contribution in [0.2, 0.25) is 0 Å². The number of aryl methyl sites for hydroxylation is 6. The van der Waals surface area contributed by atoms with Crippen LogP contribution >= 0.6 is 0 Å². The molecule has 1 saturated carbocycles. The molecular formula is C58H50N4O. The van der Waals surface area contributed by atoms with Gasteiger partial charge in [-0.1, -0.05) is 122 Å². The van der Waals surface area contributed by atoms with Crippen LogP contribution in [-0.4, -0.2) is 15.0 Å². The summed E-state index contributed by atoms with van der Waals surface area (Å²) in [5.41, 5.74) is 3.48. The van der Waals surface area contributed by atoms with E-state index in [9.17, 15) is 21.7 Å². The van der Waals surface area contributed by atoms with Gasteiger partial charge in [-0.2, -0.15) is 5.26 Å². The maximum absolute atomic E-state index is 9.89. The second-order valence-corrected chi connectivity index (χ2v) is 15.7. The molecule has 0 radical (unpaired) electrons. The Bertz CT molecular complexity index is 3480. The smallest absolute Gasteiger partial charge is 0.144 e. The van der Waals surface area contributed by atoms with Gasteiger partial charge in [0.25, 0.3) is 0 Å². The van der Waals surface area contributed by atoms with E-state index in [1.54, 1.807) is 30.3 Å². The number of hydrogen-bond acceptors (Lipinski definition) is 5. The molecule has 4 heterocycles. The molecule has 1 fully saturated rings. The summed E-state index contributed by atoms with van der Waals surface area (Å²) in [5, 5.41) is 11.2. The van der Waals surface area contributed by atoms with Crippen LogP contribution in [0, 0.1) is 11.3 Å². The largest absolute Gasteiger partial charge is 0.455 e. The number of hydrogen-bond donors (Lipinski definition) is 0. The molecule has 0 N–H and O–H groups in total. The maximum Gasteiger partial charge on any atom is 0.144 e. The second kappa shape index (κ2) is 18.4. The minimum Gasteiger partial charge on any atom is -0.455 e. The van der Waals surface area contributed by atoms with Gasteiger partial charge in [0.1, 0.15) is 11.2 Å². The van der Waals surface area contributed by atoms with Crippen molar-refractivity contribution in [2.24, 2.45) is 0 Å². The Morgan fingerprint density at radius 3 is 1.70 bits per heavy atom. The summed E-state index contributed by atoms with van der Waals surface area (Å²) >= 11 is 0. The third kappa shape index (κ3) is 9.08. The van der Waals surface area contributed by atoms with E-state index >= 15 is 0 Å². The number of rotatable bonds is 13. The Morgan fingerprint density at radius 1 is 0.524 bits per heavy atom. The molecule has 0 unspecified atom stereocenters. The standard InChI is InChI=1S/C58H50N4O/c59-36-45-24-28-50-51-17-10-18-52(58(51)63-57(50)34-45)56-35-53(46-11-4-1-5-12-46)49(39-62-56)27-23-44-32-42(21-19-40-25-29-54(60-37-40)47-13-6-2-7-14-47)31-43(33-44)22-20-41-26-30-55(61-38-41)48-15-8-3-9-16-48/h2-3,6-10,13-18,24-26,28-35,37-39,46H,1,4-5,11-12,19-23,27H2/i19D2,20D2,21D2,22D2,23D2,27D2. The fourth-order valence-electron chi connectivity index (χ4n) is 8.31. The molecule has 10 rings (SSSR count). The van der Waals surface area contributed by atoms with E-state index in [4.69, 9.17) is 9.40 Å². The second-order valence-electron chi connectivity index (χ2n) is 15.7. The zero-order valence-corrected chi connectivity index (χ0v) is 34.4. The van der Waals surface area contributed by atoms with Gasteiger partial charge in [0.05, 0.1) is 28.7 Å². The lowest BCUT2D eigenvalue weighted by atomic mass is 9.81. The summed E-state index contributed by atoms with van der Waals surface area (Å²) in [4.78, 5) is 13.7. The molecule has 0 saturated heterocycles. The molecule has 0 amide bonds. The summed E-state index contributed by atoms with van der Waals surface area (Å²) in [6.07, 6.45) is -10.2. The zero-order chi connectivity index (χ0) is 53.1. The van der Waals surface area contributed by atoms with Crippen molar-refractivity contribution in [3.63, 3.8) is 0 Å². The molecule has 5 heteroatoms. The summed E-state index contributed by atoms with van der Waals surface area (Å²) in [7, 11) is 0. The number of aromatic nitrogens is 3. The van der Waals surface area contributed by atoms with Crippen molar-refractivity contribution in [3.8, 4) is 39.8 Å². The van der Waals surface area contributed by atoms with Crippen molar-refractivity contribution < 1.29 is 20.9 Å². The molecule has 0 aliphatic heterocycles. The highest BCUT2D eigenvalue weighted by Gasteiger charge is 2.22. The molecule has 0 bridgehead atoms. The Hall–Kier alpha value is -7.16. The maximum atomic E-state index is 9.89. The van der Waals surface area contributed by atoms with Crippen molar-refractivity contribution in [2.75, 3.05) is 0 Å². The lowest BCUT2D eigenvalue weighted by Gasteiger charge is -2.25. The fraction of sp³-hybridized carbons (Fsp3) is 0.207. The predicted octanol–water partition coefficient (Wildman–Crippen LogP) is 14.0. The van der Waals surface area contributed by atoms with Gasteiger partial charge in [-0.3, -0.25) is 15.0 Å². The van der Waals surface area contributed by atoms with Crippen LogP contribution in [0.15, 0.2) is 169 Å². The zero-order valence-electron chi connectivity index (χ0n) is 46.4. The van der Waals surface area contributed by atoms with E-state index in [1.807, 2.05) is 84.9 Å². The topological polar surface area (TPSA) is 75.6 Å². The first-order chi connectivity index (χ1) is 35.7. The molecule has 4 aromatic heterocycles. The Kier molecular flexibility index (Phi) is 8.33. The van der Waals surface area contributed by atoms with Gasteiger partial charge in [0, 0.05) is 62.5 Å². The first kappa shape index (κ1) is 28.4. The van der Waals surface area contributed by atoms with Crippen molar-refractivity contribution in [3.05, 3.63) is 209 Å². The highest BCUT2D eigenvalue weighted by molar-refractivity contribution is 6.09. The highest BCUT2D eigenvalue weighted by Crippen LogP contribution is 2.39. The Balaban J connectivity index is 1.11. The number of para-hydroxylation sites is 1. The fourth-order valence-corrected chi connectivity index (χ4v) is 8.31. The minimum absolute atomic E-state index is 0.0728. The van der Waals surface area contributed by atoms with Gasteiger partial charge in [0.2, 0.25) is 0 Å². The summed E-state index contributed by atoms with van der Waals surface area (Å²) in [6, 6.07) is 42.0. The molecule has 5 nitrogen and oxygen atoms in total. The van der Waals surface area contributed by atoms with Crippen molar-refractivity contribution in [2.45, 2.75) is 76.3 Å². The van der Waals surface area contributed by atoms with Crippen LogP contribution in [0.5, 0.6) is 0 Å². The Morgan fingerprint density at radius 2 is 1.11 bits per heavy atom. The monoisotopic (exact) mass is 830 g/mol. The van der Waals surface area contributed by atoms with Crippen LogP contribution in [0.3, 0.4) is 0 Å². The van der Waals surface area contributed by atoms with Crippen molar-refractivity contribution in [1.82, 2.24) is 15.0 Å². The van der Waals surface area contributed by atoms with Gasteiger partial charge in [0.15, 0.2) is 0 Å². The van der Waals surface area contributed by atoms with Crippen LogP contribution < -0.4 is 0 Å². The van der Waals surface area contributed by atoms with E-state index in [0.717, 1.165) is 59.4 Å². The highest BCUT2D eigenvalue weighted by atomic mass is 16.3. The van der Waals surface area contributed by atoms with Crippen LogP contribution in [0.1, 0.15) is 99.0 Å².